The van der Waals surface area contributed by atoms with Gasteiger partial charge < -0.3 is 21.1 Å². The SMILES string of the molecule is N#Cc1cnn(-c2ccc(C(O)C(O)CC(=O)O)cc2)c1N. The lowest BCUT2D eigenvalue weighted by Gasteiger charge is -2.16. The van der Waals surface area contributed by atoms with Crippen LogP contribution in [0.3, 0.4) is 0 Å². The van der Waals surface area contributed by atoms with Crippen molar-refractivity contribution >= 4 is 11.8 Å². The summed E-state index contributed by atoms with van der Waals surface area (Å²) < 4.78 is 1.36. The van der Waals surface area contributed by atoms with Gasteiger partial charge in [-0.25, -0.2) is 4.68 Å². The molecule has 5 N–H and O–H groups in total. The summed E-state index contributed by atoms with van der Waals surface area (Å²) in [4.78, 5) is 10.5. The number of aliphatic hydroxyl groups is 2. The molecule has 0 saturated carbocycles. The molecule has 8 nitrogen and oxygen atoms in total. The number of rotatable bonds is 5. The number of aromatic nitrogens is 2. The molecule has 1 aromatic carbocycles. The van der Waals surface area contributed by atoms with Gasteiger partial charge in [0, 0.05) is 0 Å². The third-order valence-corrected chi connectivity index (χ3v) is 3.15. The second-order valence-corrected chi connectivity index (χ2v) is 4.67. The van der Waals surface area contributed by atoms with E-state index in [1.807, 2.05) is 6.07 Å². The van der Waals surface area contributed by atoms with Gasteiger partial charge in [0.25, 0.3) is 0 Å². The van der Waals surface area contributed by atoms with Crippen LogP contribution in [0.2, 0.25) is 0 Å². The lowest BCUT2D eigenvalue weighted by atomic mass is 10.0. The monoisotopic (exact) mass is 302 g/mol. The van der Waals surface area contributed by atoms with E-state index in [-0.39, 0.29) is 11.4 Å². The molecule has 0 amide bonds. The Hall–Kier alpha value is -2.89. The predicted molar refractivity (Wildman–Crippen MR) is 75.9 cm³/mol. The van der Waals surface area contributed by atoms with Crippen molar-refractivity contribution in [2.24, 2.45) is 0 Å². The van der Waals surface area contributed by atoms with Crippen LogP contribution in [0.1, 0.15) is 23.7 Å². The average molecular weight is 302 g/mol. The van der Waals surface area contributed by atoms with Gasteiger partial charge in [-0.1, -0.05) is 12.1 Å². The Kier molecular flexibility index (Phi) is 4.41. The van der Waals surface area contributed by atoms with Gasteiger partial charge in [0.15, 0.2) is 0 Å². The van der Waals surface area contributed by atoms with E-state index in [9.17, 15) is 15.0 Å². The van der Waals surface area contributed by atoms with Crippen molar-refractivity contribution in [3.63, 3.8) is 0 Å². The Balaban J connectivity index is 2.21. The van der Waals surface area contributed by atoms with Crippen molar-refractivity contribution in [3.8, 4) is 11.8 Å². The zero-order chi connectivity index (χ0) is 16.3. The van der Waals surface area contributed by atoms with Crippen LogP contribution < -0.4 is 5.73 Å². The fourth-order valence-electron chi connectivity index (χ4n) is 1.98. The van der Waals surface area contributed by atoms with Crippen LogP contribution in [0.5, 0.6) is 0 Å². The van der Waals surface area contributed by atoms with Crippen molar-refractivity contribution in [2.45, 2.75) is 18.6 Å². The highest BCUT2D eigenvalue weighted by Gasteiger charge is 2.21. The van der Waals surface area contributed by atoms with Gasteiger partial charge in [-0.2, -0.15) is 10.4 Å². The summed E-state index contributed by atoms with van der Waals surface area (Å²) in [6.45, 7) is 0. The van der Waals surface area contributed by atoms with Gasteiger partial charge in [0.05, 0.1) is 24.4 Å². The molecule has 1 heterocycles. The predicted octanol–water partition coefficient (Wildman–Crippen LogP) is 0.195. The van der Waals surface area contributed by atoms with E-state index < -0.39 is 24.6 Å². The lowest BCUT2D eigenvalue weighted by molar-refractivity contribution is -0.141. The van der Waals surface area contributed by atoms with Gasteiger partial charge >= 0.3 is 5.97 Å². The summed E-state index contributed by atoms with van der Waals surface area (Å²) in [5.74, 6) is -1.00. The first-order valence-corrected chi connectivity index (χ1v) is 6.36. The molecule has 2 atom stereocenters. The first-order chi connectivity index (χ1) is 10.4. The Morgan fingerprint density at radius 3 is 2.50 bits per heavy atom. The Morgan fingerprint density at radius 2 is 2.00 bits per heavy atom. The van der Waals surface area contributed by atoms with Gasteiger partial charge in [-0.15, -0.1) is 0 Å². The minimum atomic E-state index is -1.40. The molecule has 0 aliphatic heterocycles. The molecule has 0 bridgehead atoms. The Labute approximate surface area is 125 Å². The maximum atomic E-state index is 10.5. The largest absolute Gasteiger partial charge is 0.481 e. The number of aliphatic carboxylic acids is 1. The van der Waals surface area contributed by atoms with E-state index in [4.69, 9.17) is 16.1 Å². The smallest absolute Gasteiger partial charge is 0.306 e. The van der Waals surface area contributed by atoms with E-state index in [0.717, 1.165) is 0 Å². The number of nitriles is 1. The summed E-state index contributed by atoms with van der Waals surface area (Å²) in [6.07, 6.45) is -1.92. The van der Waals surface area contributed by atoms with E-state index in [2.05, 4.69) is 5.10 Å². The first-order valence-electron chi connectivity index (χ1n) is 6.36. The fraction of sp³-hybridized carbons (Fsp3) is 0.214. The molecule has 0 saturated heterocycles. The molecule has 0 aliphatic carbocycles. The number of carbonyl (C=O) groups is 1. The summed E-state index contributed by atoms with van der Waals surface area (Å²) in [7, 11) is 0. The lowest BCUT2D eigenvalue weighted by Crippen LogP contribution is -2.21. The molecule has 0 radical (unpaired) electrons. The van der Waals surface area contributed by atoms with Crippen molar-refractivity contribution in [2.75, 3.05) is 5.73 Å². The summed E-state index contributed by atoms with van der Waals surface area (Å²) in [5.41, 5.74) is 6.96. The van der Waals surface area contributed by atoms with Crippen LogP contribution in [-0.2, 0) is 4.79 Å². The number of aliphatic hydroxyl groups excluding tert-OH is 2. The fourth-order valence-corrected chi connectivity index (χ4v) is 1.98. The molecule has 0 spiro atoms. The van der Waals surface area contributed by atoms with Gasteiger partial charge in [-0.05, 0) is 17.7 Å². The van der Waals surface area contributed by atoms with E-state index in [0.29, 0.717) is 11.3 Å². The second kappa shape index (κ2) is 6.26. The minimum absolute atomic E-state index is 0.196. The molecular weight excluding hydrogens is 288 g/mol. The molecule has 114 valence electrons. The van der Waals surface area contributed by atoms with Gasteiger partial charge in [0.2, 0.25) is 0 Å². The maximum Gasteiger partial charge on any atom is 0.306 e. The zero-order valence-electron chi connectivity index (χ0n) is 11.4. The molecule has 8 heteroatoms. The van der Waals surface area contributed by atoms with Gasteiger partial charge in [-0.3, -0.25) is 4.79 Å². The quantitative estimate of drug-likeness (QED) is 0.617. The number of anilines is 1. The van der Waals surface area contributed by atoms with Crippen LogP contribution in [-0.4, -0.2) is 37.2 Å². The molecular formula is C14H14N4O4. The number of benzene rings is 1. The van der Waals surface area contributed by atoms with Crippen molar-refractivity contribution in [1.82, 2.24) is 9.78 Å². The number of hydrogen-bond donors (Lipinski definition) is 4. The minimum Gasteiger partial charge on any atom is -0.481 e. The zero-order valence-corrected chi connectivity index (χ0v) is 11.4. The summed E-state index contributed by atoms with van der Waals surface area (Å²) in [6, 6.07) is 8.15. The topological polar surface area (TPSA) is 145 Å². The van der Waals surface area contributed by atoms with Gasteiger partial charge in [0.1, 0.15) is 23.6 Å². The molecule has 2 rings (SSSR count). The summed E-state index contributed by atoms with van der Waals surface area (Å²) in [5, 5.41) is 40.9. The summed E-state index contributed by atoms with van der Waals surface area (Å²) >= 11 is 0. The number of carboxylic acids is 1. The Morgan fingerprint density at radius 1 is 1.36 bits per heavy atom. The van der Waals surface area contributed by atoms with Crippen LogP contribution in [0.4, 0.5) is 5.82 Å². The third-order valence-electron chi connectivity index (χ3n) is 3.15. The average Bonchev–Trinajstić information content (AvgIpc) is 2.87. The first kappa shape index (κ1) is 15.5. The van der Waals surface area contributed by atoms with Crippen molar-refractivity contribution < 1.29 is 20.1 Å². The molecule has 0 fully saturated rings. The third kappa shape index (κ3) is 3.06. The van der Waals surface area contributed by atoms with E-state index in [1.165, 1.54) is 23.0 Å². The van der Waals surface area contributed by atoms with Crippen LogP contribution in [0.15, 0.2) is 30.5 Å². The van der Waals surface area contributed by atoms with Crippen LogP contribution in [0, 0.1) is 11.3 Å². The second-order valence-electron chi connectivity index (χ2n) is 4.67. The van der Waals surface area contributed by atoms with E-state index >= 15 is 0 Å². The number of nitrogen functional groups attached to an aromatic ring is 1. The molecule has 22 heavy (non-hydrogen) atoms. The van der Waals surface area contributed by atoms with Crippen molar-refractivity contribution in [1.29, 1.82) is 5.26 Å². The number of carboxylic acid groups (broad SMARTS) is 1. The Bertz CT molecular complexity index is 717. The number of hydrogen-bond acceptors (Lipinski definition) is 6. The highest BCUT2D eigenvalue weighted by Crippen LogP contribution is 2.22. The highest BCUT2D eigenvalue weighted by atomic mass is 16.4. The highest BCUT2D eigenvalue weighted by molar-refractivity contribution is 5.67. The molecule has 2 aromatic rings. The normalized spacial score (nSPS) is 13.3. The number of nitrogens with zero attached hydrogens (tertiary/aromatic N) is 3. The standard InChI is InChI=1S/C14H14N4O4/c15-6-9-7-17-18(14(9)16)10-3-1-8(2-4-10)13(22)11(19)5-12(20)21/h1-4,7,11,13,19,22H,5,16H2,(H,20,21). The van der Waals surface area contributed by atoms with Crippen LogP contribution in [0.25, 0.3) is 5.69 Å². The van der Waals surface area contributed by atoms with Crippen LogP contribution >= 0.6 is 0 Å². The molecule has 2 unspecified atom stereocenters. The number of nitrogens with two attached hydrogens (primary N) is 1. The molecule has 0 aliphatic rings. The van der Waals surface area contributed by atoms with Crippen molar-refractivity contribution in [3.05, 3.63) is 41.6 Å². The maximum absolute atomic E-state index is 10.5. The molecule has 1 aromatic heterocycles. The van der Waals surface area contributed by atoms with E-state index in [1.54, 1.807) is 12.1 Å².